The van der Waals surface area contributed by atoms with Gasteiger partial charge in [0.05, 0.1) is 4.90 Å². The maximum atomic E-state index is 12.3. The highest BCUT2D eigenvalue weighted by molar-refractivity contribution is 7.90. The van der Waals surface area contributed by atoms with Crippen molar-refractivity contribution < 1.29 is 18.0 Å². The maximum Gasteiger partial charge on any atom is 0.265 e. The zero-order chi connectivity index (χ0) is 17.2. The third kappa shape index (κ3) is 3.72. The highest BCUT2D eigenvalue weighted by Crippen LogP contribution is 2.16. The van der Waals surface area contributed by atoms with Gasteiger partial charge in [0.2, 0.25) is 0 Å². The molecule has 1 N–H and O–H groups in total. The van der Waals surface area contributed by atoms with E-state index in [-0.39, 0.29) is 22.1 Å². The summed E-state index contributed by atoms with van der Waals surface area (Å²) < 4.78 is 22.9. The van der Waals surface area contributed by atoms with E-state index in [1.165, 1.54) is 41.3 Å². The number of hydrogen-bond acceptors (Lipinski definition) is 5. The molecule has 0 aliphatic carbocycles. The first-order valence-electron chi connectivity index (χ1n) is 6.54. The van der Waals surface area contributed by atoms with Gasteiger partial charge < -0.3 is 0 Å². The molecule has 0 atom stereocenters. The SMILES string of the molecule is C=CCN1C(=O)C(=Cc2ccc(S(C)(=O)=O)cc2)C(=O)NC1=S. The number of hydrogen-bond donors (Lipinski definition) is 1. The minimum atomic E-state index is -3.30. The second-order valence-electron chi connectivity index (χ2n) is 4.86. The monoisotopic (exact) mass is 350 g/mol. The normalized spacial score (nSPS) is 17.3. The Morgan fingerprint density at radius 2 is 1.87 bits per heavy atom. The molecular weight excluding hydrogens is 336 g/mol. The van der Waals surface area contributed by atoms with Crippen LogP contribution in [0.2, 0.25) is 0 Å². The van der Waals surface area contributed by atoms with Crippen LogP contribution < -0.4 is 5.32 Å². The number of nitrogens with one attached hydrogen (secondary N) is 1. The predicted molar refractivity (Wildman–Crippen MR) is 90.2 cm³/mol. The lowest BCUT2D eigenvalue weighted by molar-refractivity contribution is -0.128. The number of nitrogens with zero attached hydrogens (tertiary/aromatic N) is 1. The molecule has 1 fully saturated rings. The largest absolute Gasteiger partial charge is 0.298 e. The molecule has 0 aromatic heterocycles. The molecule has 0 bridgehead atoms. The molecule has 6 nitrogen and oxygen atoms in total. The van der Waals surface area contributed by atoms with E-state index in [0.717, 1.165) is 6.26 Å². The van der Waals surface area contributed by atoms with Crippen LogP contribution in [0, 0.1) is 0 Å². The molecule has 1 aromatic carbocycles. The maximum absolute atomic E-state index is 12.3. The molecule has 8 heteroatoms. The minimum Gasteiger partial charge on any atom is -0.298 e. The summed E-state index contributed by atoms with van der Waals surface area (Å²) in [4.78, 5) is 25.7. The van der Waals surface area contributed by atoms with E-state index in [0.29, 0.717) is 5.56 Å². The van der Waals surface area contributed by atoms with Gasteiger partial charge in [0.25, 0.3) is 11.8 Å². The van der Waals surface area contributed by atoms with Gasteiger partial charge in [-0.25, -0.2) is 8.42 Å². The Hall–Kier alpha value is -2.32. The predicted octanol–water partition coefficient (Wildman–Crippen LogP) is 0.903. The Kier molecular flexibility index (Phi) is 4.76. The Bertz CT molecular complexity index is 824. The summed E-state index contributed by atoms with van der Waals surface area (Å²) in [6.45, 7) is 3.72. The van der Waals surface area contributed by atoms with Crippen molar-refractivity contribution in [3.8, 4) is 0 Å². The van der Waals surface area contributed by atoms with Gasteiger partial charge in [0.1, 0.15) is 5.57 Å². The van der Waals surface area contributed by atoms with Gasteiger partial charge in [0.15, 0.2) is 14.9 Å². The van der Waals surface area contributed by atoms with Crippen LogP contribution in [-0.4, -0.2) is 43.0 Å². The average Bonchev–Trinajstić information content (AvgIpc) is 2.47. The first kappa shape index (κ1) is 17.0. The summed E-state index contributed by atoms with van der Waals surface area (Å²) in [5.41, 5.74) is 0.454. The zero-order valence-electron chi connectivity index (χ0n) is 12.3. The van der Waals surface area contributed by atoms with E-state index in [4.69, 9.17) is 12.2 Å². The van der Waals surface area contributed by atoms with Gasteiger partial charge in [-0.15, -0.1) is 6.58 Å². The molecule has 2 rings (SSSR count). The van der Waals surface area contributed by atoms with Crippen molar-refractivity contribution in [1.82, 2.24) is 10.2 Å². The van der Waals surface area contributed by atoms with Gasteiger partial charge in [-0.3, -0.25) is 19.8 Å². The lowest BCUT2D eigenvalue weighted by Crippen LogP contribution is -2.53. The van der Waals surface area contributed by atoms with Crippen LogP contribution in [0.15, 0.2) is 47.4 Å². The van der Waals surface area contributed by atoms with Crippen LogP contribution in [0.25, 0.3) is 6.08 Å². The molecule has 120 valence electrons. The fourth-order valence-corrected chi connectivity index (χ4v) is 2.85. The molecule has 1 aromatic rings. The number of thiocarbonyl (C=S) groups is 1. The van der Waals surface area contributed by atoms with E-state index in [1.807, 2.05) is 0 Å². The summed E-state index contributed by atoms with van der Waals surface area (Å²) in [6.07, 6.45) is 3.99. The van der Waals surface area contributed by atoms with Crippen molar-refractivity contribution in [2.45, 2.75) is 4.90 Å². The highest BCUT2D eigenvalue weighted by atomic mass is 32.2. The van der Waals surface area contributed by atoms with Crippen molar-refractivity contribution in [3.63, 3.8) is 0 Å². The summed E-state index contributed by atoms with van der Waals surface area (Å²) in [7, 11) is -3.30. The van der Waals surface area contributed by atoms with E-state index < -0.39 is 21.7 Å². The van der Waals surface area contributed by atoms with Crippen molar-refractivity contribution in [3.05, 3.63) is 48.1 Å². The van der Waals surface area contributed by atoms with Crippen LogP contribution in [0.4, 0.5) is 0 Å². The second-order valence-corrected chi connectivity index (χ2v) is 7.27. The first-order chi connectivity index (χ1) is 10.7. The van der Waals surface area contributed by atoms with Crippen molar-refractivity contribution in [1.29, 1.82) is 0 Å². The smallest absolute Gasteiger partial charge is 0.265 e. The molecule has 1 aliphatic rings. The first-order valence-corrected chi connectivity index (χ1v) is 8.84. The number of rotatable bonds is 4. The van der Waals surface area contributed by atoms with Gasteiger partial charge in [-0.05, 0) is 36.0 Å². The Morgan fingerprint density at radius 1 is 1.26 bits per heavy atom. The Balaban J connectivity index is 2.37. The molecule has 0 unspecified atom stereocenters. The summed E-state index contributed by atoms with van der Waals surface area (Å²) in [5.74, 6) is -1.11. The fraction of sp³-hybridized carbons (Fsp3) is 0.133. The lowest BCUT2D eigenvalue weighted by atomic mass is 10.1. The molecule has 0 saturated carbocycles. The van der Waals surface area contributed by atoms with Crippen LogP contribution in [-0.2, 0) is 19.4 Å². The molecule has 1 aliphatic heterocycles. The van der Waals surface area contributed by atoms with E-state index in [2.05, 4.69) is 11.9 Å². The van der Waals surface area contributed by atoms with Crippen LogP contribution in [0.5, 0.6) is 0 Å². The van der Waals surface area contributed by atoms with E-state index in [1.54, 1.807) is 0 Å². The second kappa shape index (κ2) is 6.43. The van der Waals surface area contributed by atoms with Gasteiger partial charge in [-0.1, -0.05) is 18.2 Å². The van der Waals surface area contributed by atoms with Crippen LogP contribution in [0.3, 0.4) is 0 Å². The summed E-state index contributed by atoms with van der Waals surface area (Å²) in [6, 6.07) is 5.88. The molecule has 1 heterocycles. The van der Waals surface area contributed by atoms with Gasteiger partial charge >= 0.3 is 0 Å². The molecule has 0 radical (unpaired) electrons. The number of carbonyl (C=O) groups is 2. The quantitative estimate of drug-likeness (QED) is 0.378. The van der Waals surface area contributed by atoms with Crippen molar-refractivity contribution in [2.75, 3.05) is 12.8 Å². The number of carbonyl (C=O) groups excluding carboxylic acids is 2. The van der Waals surface area contributed by atoms with Crippen LogP contribution >= 0.6 is 12.2 Å². The third-order valence-corrected chi connectivity index (χ3v) is 4.57. The van der Waals surface area contributed by atoms with E-state index >= 15 is 0 Å². The van der Waals surface area contributed by atoms with Crippen LogP contribution in [0.1, 0.15) is 5.56 Å². The number of sulfone groups is 1. The highest BCUT2D eigenvalue weighted by Gasteiger charge is 2.32. The molecule has 2 amide bonds. The molecule has 0 spiro atoms. The molecule has 23 heavy (non-hydrogen) atoms. The fourth-order valence-electron chi connectivity index (χ4n) is 1.97. The van der Waals surface area contributed by atoms with Gasteiger partial charge in [0, 0.05) is 12.8 Å². The Morgan fingerprint density at radius 3 is 2.39 bits per heavy atom. The van der Waals surface area contributed by atoms with Gasteiger partial charge in [-0.2, -0.15) is 0 Å². The molecule has 1 saturated heterocycles. The topological polar surface area (TPSA) is 83.6 Å². The minimum absolute atomic E-state index is 0.0319. The number of amides is 2. The lowest BCUT2D eigenvalue weighted by Gasteiger charge is -2.27. The third-order valence-electron chi connectivity index (χ3n) is 3.12. The number of benzene rings is 1. The zero-order valence-corrected chi connectivity index (χ0v) is 13.9. The van der Waals surface area contributed by atoms with Crippen molar-refractivity contribution in [2.24, 2.45) is 0 Å². The Labute approximate surface area is 139 Å². The summed E-state index contributed by atoms with van der Waals surface area (Å²) in [5, 5.41) is 2.47. The standard InChI is InChI=1S/C15H14N2O4S2/c1-3-8-17-14(19)12(13(18)16-15(17)22)9-10-4-6-11(7-5-10)23(2,20)21/h3-7,9H,1,8H2,2H3,(H,16,18,22). The van der Waals surface area contributed by atoms with Crippen molar-refractivity contribution >= 4 is 45.1 Å². The van der Waals surface area contributed by atoms with E-state index in [9.17, 15) is 18.0 Å². The average molecular weight is 350 g/mol. The summed E-state index contributed by atoms with van der Waals surface area (Å²) >= 11 is 4.95. The molecular formula is C15H14N2O4S2.